The molecule has 1 unspecified atom stereocenters. The highest BCUT2D eigenvalue weighted by Crippen LogP contribution is 2.33. The number of hydrogen-bond acceptors (Lipinski definition) is 8. The van der Waals surface area contributed by atoms with E-state index in [1.54, 1.807) is 4.90 Å². The number of carbonyl (C=O) groups is 2. The van der Waals surface area contributed by atoms with Gasteiger partial charge in [0.2, 0.25) is 13.6 Å². The largest absolute Gasteiger partial charge is 0.454 e. The number of ether oxygens (including phenoxy) is 4. The summed E-state index contributed by atoms with van der Waals surface area (Å²) < 4.78 is 21.0. The molecule has 2 aliphatic heterocycles. The van der Waals surface area contributed by atoms with E-state index in [2.05, 4.69) is 16.8 Å². The van der Waals surface area contributed by atoms with E-state index in [1.807, 2.05) is 32.0 Å². The van der Waals surface area contributed by atoms with Gasteiger partial charge >= 0.3 is 12.1 Å². The van der Waals surface area contributed by atoms with Gasteiger partial charge in [-0.1, -0.05) is 6.07 Å². The van der Waals surface area contributed by atoms with E-state index in [-0.39, 0.29) is 25.6 Å². The van der Waals surface area contributed by atoms with Gasteiger partial charge in [-0.3, -0.25) is 4.79 Å². The number of rotatable bonds is 9. The van der Waals surface area contributed by atoms with Gasteiger partial charge in [0, 0.05) is 45.3 Å². The van der Waals surface area contributed by atoms with Crippen LogP contribution in [0.1, 0.15) is 25.8 Å². The zero-order chi connectivity index (χ0) is 22.2. The number of fused-ring (bicyclic) bond motifs is 1. The van der Waals surface area contributed by atoms with Crippen molar-refractivity contribution >= 4 is 12.1 Å². The van der Waals surface area contributed by atoms with Crippen LogP contribution < -0.4 is 9.47 Å². The lowest BCUT2D eigenvalue weighted by molar-refractivity contribution is -0.153. The molecule has 172 valence electrons. The van der Waals surface area contributed by atoms with Gasteiger partial charge in [0.1, 0.15) is 0 Å². The Morgan fingerprint density at radius 2 is 1.87 bits per heavy atom. The van der Waals surface area contributed by atoms with Gasteiger partial charge in [-0.25, -0.2) is 4.79 Å². The highest BCUT2D eigenvalue weighted by Gasteiger charge is 2.22. The van der Waals surface area contributed by atoms with Crippen molar-refractivity contribution < 1.29 is 28.5 Å². The lowest BCUT2D eigenvalue weighted by Crippen LogP contribution is -2.45. The van der Waals surface area contributed by atoms with Crippen LogP contribution in [0, 0.1) is 0 Å². The molecule has 9 nitrogen and oxygen atoms in total. The Hall–Kier alpha value is -2.52. The Balaban J connectivity index is 1.37. The van der Waals surface area contributed by atoms with Crippen LogP contribution in [0.2, 0.25) is 0 Å². The predicted octanol–water partition coefficient (Wildman–Crippen LogP) is 1.94. The van der Waals surface area contributed by atoms with Crippen molar-refractivity contribution in [2.75, 3.05) is 59.9 Å². The van der Waals surface area contributed by atoms with E-state index in [4.69, 9.17) is 18.9 Å². The standard InChI is InChI=1S/C22H33N3O6/c1-4-25(17(2)13-18-5-6-19-20(14-18)29-15-28-19)22(27)31-16-30-21(26)7-8-24-11-9-23(3)10-12-24/h5-6,14,17H,4,7-13,15-16H2,1-3H3. The fourth-order valence-corrected chi connectivity index (χ4v) is 3.76. The second-order valence-corrected chi connectivity index (χ2v) is 7.97. The zero-order valence-electron chi connectivity index (χ0n) is 18.7. The minimum Gasteiger partial charge on any atom is -0.454 e. The number of benzene rings is 1. The van der Waals surface area contributed by atoms with E-state index < -0.39 is 6.09 Å². The molecule has 1 aromatic carbocycles. The van der Waals surface area contributed by atoms with Gasteiger partial charge < -0.3 is 33.6 Å². The monoisotopic (exact) mass is 435 g/mol. The van der Waals surface area contributed by atoms with E-state index in [9.17, 15) is 9.59 Å². The predicted molar refractivity (Wildman–Crippen MR) is 114 cm³/mol. The molecule has 1 saturated heterocycles. The molecule has 1 fully saturated rings. The number of carbonyl (C=O) groups excluding carboxylic acids is 2. The fourth-order valence-electron chi connectivity index (χ4n) is 3.76. The first-order chi connectivity index (χ1) is 15.0. The first-order valence-electron chi connectivity index (χ1n) is 10.8. The number of likely N-dealkylation sites (N-methyl/N-ethyl adjacent to an activating group) is 2. The van der Waals surface area contributed by atoms with Crippen molar-refractivity contribution in [3.63, 3.8) is 0 Å². The molecule has 1 amide bonds. The molecule has 9 heteroatoms. The summed E-state index contributed by atoms with van der Waals surface area (Å²) in [6.45, 7) is 8.77. The lowest BCUT2D eigenvalue weighted by atomic mass is 10.1. The minimum absolute atomic E-state index is 0.0918. The zero-order valence-corrected chi connectivity index (χ0v) is 18.7. The molecular formula is C22H33N3O6. The first-order valence-corrected chi connectivity index (χ1v) is 10.8. The Bertz CT molecular complexity index is 751. The summed E-state index contributed by atoms with van der Waals surface area (Å²) >= 11 is 0. The van der Waals surface area contributed by atoms with Gasteiger partial charge in [0.25, 0.3) is 0 Å². The highest BCUT2D eigenvalue weighted by atomic mass is 16.7. The molecule has 3 rings (SSSR count). The maximum Gasteiger partial charge on any atom is 0.412 e. The van der Waals surface area contributed by atoms with Crippen molar-refractivity contribution in [2.24, 2.45) is 0 Å². The third-order valence-electron chi connectivity index (χ3n) is 5.71. The maximum atomic E-state index is 12.5. The molecule has 0 aliphatic carbocycles. The molecule has 0 spiro atoms. The molecule has 0 N–H and O–H groups in total. The molecule has 31 heavy (non-hydrogen) atoms. The number of nitrogens with zero attached hydrogens (tertiary/aromatic N) is 3. The summed E-state index contributed by atoms with van der Waals surface area (Å²) in [6.07, 6.45) is 0.437. The topological polar surface area (TPSA) is 80.8 Å². The van der Waals surface area contributed by atoms with Crippen molar-refractivity contribution in [1.82, 2.24) is 14.7 Å². The third-order valence-corrected chi connectivity index (χ3v) is 5.71. The van der Waals surface area contributed by atoms with Crippen LogP contribution in [-0.4, -0.2) is 92.7 Å². The van der Waals surface area contributed by atoms with Crippen LogP contribution in [-0.2, 0) is 20.7 Å². The molecule has 0 aromatic heterocycles. The third kappa shape index (κ3) is 6.73. The molecular weight excluding hydrogens is 402 g/mol. The average Bonchev–Trinajstić information content (AvgIpc) is 3.22. The number of amides is 1. The molecule has 2 heterocycles. The summed E-state index contributed by atoms with van der Waals surface area (Å²) in [5.41, 5.74) is 1.04. The Kier molecular flexibility index (Phi) is 8.36. The van der Waals surface area contributed by atoms with E-state index in [1.165, 1.54) is 0 Å². The average molecular weight is 436 g/mol. The van der Waals surface area contributed by atoms with Crippen LogP contribution in [0.15, 0.2) is 18.2 Å². The van der Waals surface area contributed by atoms with Gasteiger partial charge in [0.15, 0.2) is 11.5 Å². The Morgan fingerprint density at radius 3 is 2.61 bits per heavy atom. The number of hydrogen-bond donors (Lipinski definition) is 0. The Labute approximate surface area is 183 Å². The first kappa shape index (κ1) is 23.1. The Morgan fingerprint density at radius 1 is 1.13 bits per heavy atom. The van der Waals surface area contributed by atoms with E-state index in [0.29, 0.717) is 25.9 Å². The SMILES string of the molecule is CCN(C(=O)OCOC(=O)CCN1CCN(C)CC1)C(C)Cc1ccc2c(c1)OCO2. The van der Waals surface area contributed by atoms with Gasteiger partial charge in [-0.2, -0.15) is 0 Å². The molecule has 0 radical (unpaired) electrons. The van der Waals surface area contributed by atoms with Crippen LogP contribution in [0.5, 0.6) is 11.5 Å². The van der Waals surface area contributed by atoms with Crippen LogP contribution in [0.25, 0.3) is 0 Å². The van der Waals surface area contributed by atoms with Crippen LogP contribution in [0.3, 0.4) is 0 Å². The normalized spacial score (nSPS) is 17.3. The van der Waals surface area contributed by atoms with Crippen molar-refractivity contribution in [2.45, 2.75) is 32.7 Å². The minimum atomic E-state index is -0.498. The van der Waals surface area contributed by atoms with Gasteiger partial charge in [-0.05, 0) is 45.0 Å². The number of esters is 1. The highest BCUT2D eigenvalue weighted by molar-refractivity contribution is 5.70. The second-order valence-electron chi connectivity index (χ2n) is 7.97. The fraction of sp³-hybridized carbons (Fsp3) is 0.636. The second kappa shape index (κ2) is 11.2. The summed E-state index contributed by atoms with van der Waals surface area (Å²) in [5.74, 6) is 1.10. The van der Waals surface area contributed by atoms with Crippen molar-refractivity contribution in [1.29, 1.82) is 0 Å². The van der Waals surface area contributed by atoms with Crippen molar-refractivity contribution in [3.05, 3.63) is 23.8 Å². The maximum absolute atomic E-state index is 12.5. The summed E-state index contributed by atoms with van der Waals surface area (Å²) in [4.78, 5) is 30.5. The van der Waals surface area contributed by atoms with Crippen LogP contribution >= 0.6 is 0 Å². The van der Waals surface area contributed by atoms with Gasteiger partial charge in [-0.15, -0.1) is 0 Å². The lowest BCUT2D eigenvalue weighted by Gasteiger charge is -2.32. The van der Waals surface area contributed by atoms with E-state index >= 15 is 0 Å². The molecule has 0 bridgehead atoms. The summed E-state index contributed by atoms with van der Waals surface area (Å²) in [5, 5.41) is 0. The smallest absolute Gasteiger partial charge is 0.412 e. The quantitative estimate of drug-likeness (QED) is 0.430. The molecule has 1 atom stereocenters. The van der Waals surface area contributed by atoms with E-state index in [0.717, 1.165) is 43.2 Å². The molecule has 2 aliphatic rings. The summed E-state index contributed by atoms with van der Waals surface area (Å²) in [7, 11) is 2.09. The molecule has 1 aromatic rings. The van der Waals surface area contributed by atoms with Crippen LogP contribution in [0.4, 0.5) is 4.79 Å². The molecule has 0 saturated carbocycles. The van der Waals surface area contributed by atoms with Crippen molar-refractivity contribution in [3.8, 4) is 11.5 Å². The summed E-state index contributed by atoms with van der Waals surface area (Å²) in [6, 6.07) is 5.68. The number of piperazine rings is 1. The van der Waals surface area contributed by atoms with Gasteiger partial charge in [0.05, 0.1) is 6.42 Å².